The Kier molecular flexibility index (Phi) is 4.95. The molecule has 1 aliphatic rings. The van der Waals surface area contributed by atoms with Gasteiger partial charge in [0, 0.05) is 18.3 Å². The van der Waals surface area contributed by atoms with Gasteiger partial charge in [-0.05, 0) is 51.4 Å². The van der Waals surface area contributed by atoms with Gasteiger partial charge in [-0.2, -0.15) is 0 Å². The van der Waals surface area contributed by atoms with Crippen molar-refractivity contribution >= 4 is 11.8 Å². The molecular formula is C15H23N3O2. The van der Waals surface area contributed by atoms with Crippen LogP contribution in [0, 0.1) is 0 Å². The quantitative estimate of drug-likeness (QED) is 0.861. The molecular weight excluding hydrogens is 254 g/mol. The highest BCUT2D eigenvalue weighted by Gasteiger charge is 2.22. The number of nitrogens with one attached hydrogen (secondary N) is 1. The minimum Gasteiger partial charge on any atom is -0.478 e. The Bertz CT molecular complexity index is 470. The molecule has 0 bridgehead atoms. The number of aromatic carboxylic acids is 1. The molecule has 20 heavy (non-hydrogen) atoms. The number of carboxylic acid groups (broad SMARTS) is 1. The predicted octanol–water partition coefficient (Wildman–Crippen LogP) is 1.92. The molecule has 1 fully saturated rings. The van der Waals surface area contributed by atoms with E-state index in [2.05, 4.69) is 22.1 Å². The number of aromatic nitrogens is 1. The zero-order valence-corrected chi connectivity index (χ0v) is 12.2. The molecule has 5 heteroatoms. The lowest BCUT2D eigenvalue weighted by Crippen LogP contribution is -2.43. The molecule has 1 aromatic rings. The molecule has 2 N–H and O–H groups in total. The van der Waals surface area contributed by atoms with Crippen LogP contribution in [0.25, 0.3) is 0 Å². The third-order valence-corrected chi connectivity index (χ3v) is 3.86. The number of aryl methyl sites for hydroxylation is 1. The Morgan fingerprint density at radius 2 is 2.10 bits per heavy atom. The molecule has 0 amide bonds. The fourth-order valence-electron chi connectivity index (χ4n) is 2.75. The van der Waals surface area contributed by atoms with Gasteiger partial charge < -0.3 is 15.3 Å². The maximum absolute atomic E-state index is 11.3. The number of anilines is 1. The second-order valence-electron chi connectivity index (χ2n) is 5.13. The summed E-state index contributed by atoms with van der Waals surface area (Å²) in [6.07, 6.45) is 2.90. The van der Waals surface area contributed by atoms with E-state index in [0.29, 0.717) is 11.6 Å². The third-order valence-electron chi connectivity index (χ3n) is 3.86. The van der Waals surface area contributed by atoms with Gasteiger partial charge in [0.05, 0.1) is 5.56 Å². The van der Waals surface area contributed by atoms with E-state index >= 15 is 0 Å². The summed E-state index contributed by atoms with van der Waals surface area (Å²) >= 11 is 0. The van der Waals surface area contributed by atoms with Gasteiger partial charge in [0.2, 0.25) is 0 Å². The van der Waals surface area contributed by atoms with E-state index in [9.17, 15) is 9.90 Å². The lowest BCUT2D eigenvalue weighted by Gasteiger charge is -2.35. The number of carboxylic acids is 1. The van der Waals surface area contributed by atoms with E-state index in [1.54, 1.807) is 12.1 Å². The maximum Gasteiger partial charge on any atom is 0.335 e. The average Bonchev–Trinajstić information content (AvgIpc) is 2.48. The second-order valence-corrected chi connectivity index (χ2v) is 5.13. The van der Waals surface area contributed by atoms with Crippen molar-refractivity contribution in [1.29, 1.82) is 0 Å². The van der Waals surface area contributed by atoms with Crippen LogP contribution in [0.2, 0.25) is 0 Å². The molecule has 0 radical (unpaired) electrons. The first-order valence-electron chi connectivity index (χ1n) is 7.37. The summed E-state index contributed by atoms with van der Waals surface area (Å²) in [6, 6.07) is 3.82. The Morgan fingerprint density at radius 3 is 2.65 bits per heavy atom. The number of nitrogens with zero attached hydrogens (tertiary/aromatic N) is 2. The highest BCUT2D eigenvalue weighted by Crippen LogP contribution is 2.22. The molecule has 0 aromatic carbocycles. The zero-order valence-electron chi connectivity index (χ0n) is 12.2. The van der Waals surface area contributed by atoms with Crippen LogP contribution in [-0.4, -0.2) is 41.7 Å². The van der Waals surface area contributed by atoms with Gasteiger partial charge in [0.15, 0.2) is 0 Å². The molecule has 110 valence electrons. The summed E-state index contributed by atoms with van der Waals surface area (Å²) < 4.78 is 0. The fraction of sp³-hybridized carbons (Fsp3) is 0.600. The van der Waals surface area contributed by atoms with Crippen molar-refractivity contribution in [2.24, 2.45) is 0 Å². The van der Waals surface area contributed by atoms with Crippen molar-refractivity contribution < 1.29 is 9.90 Å². The predicted molar refractivity (Wildman–Crippen MR) is 79.5 cm³/mol. The summed E-state index contributed by atoms with van der Waals surface area (Å²) in [4.78, 5) is 18.1. The standard InChI is InChI=1S/C15H23N3O2/c1-3-12-9-11(15(19)20)10-14(17-12)18(4-2)13-5-7-16-8-6-13/h9-10,13,16H,3-8H2,1-2H3,(H,19,20). The van der Waals surface area contributed by atoms with Crippen LogP contribution < -0.4 is 10.2 Å². The minimum absolute atomic E-state index is 0.333. The number of hydrogen-bond acceptors (Lipinski definition) is 4. The molecule has 0 atom stereocenters. The first kappa shape index (κ1) is 14.8. The molecule has 5 nitrogen and oxygen atoms in total. The minimum atomic E-state index is -0.885. The number of pyridine rings is 1. The lowest BCUT2D eigenvalue weighted by atomic mass is 10.0. The molecule has 0 saturated carbocycles. The highest BCUT2D eigenvalue weighted by atomic mass is 16.4. The van der Waals surface area contributed by atoms with Crippen LogP contribution in [-0.2, 0) is 6.42 Å². The molecule has 0 spiro atoms. The summed E-state index contributed by atoms with van der Waals surface area (Å²) in [5.74, 6) is -0.0825. The number of carbonyl (C=O) groups is 1. The van der Waals surface area contributed by atoms with Crippen molar-refractivity contribution in [3.05, 3.63) is 23.4 Å². The normalized spacial score (nSPS) is 16.1. The summed E-state index contributed by atoms with van der Waals surface area (Å²) in [6.45, 7) is 6.98. The molecule has 0 unspecified atom stereocenters. The van der Waals surface area contributed by atoms with E-state index in [0.717, 1.165) is 50.4 Å². The van der Waals surface area contributed by atoms with E-state index in [1.165, 1.54) is 0 Å². The van der Waals surface area contributed by atoms with Crippen molar-refractivity contribution in [1.82, 2.24) is 10.3 Å². The molecule has 2 rings (SSSR count). The average molecular weight is 277 g/mol. The Morgan fingerprint density at radius 1 is 1.40 bits per heavy atom. The Balaban J connectivity index is 2.32. The van der Waals surface area contributed by atoms with Crippen LogP contribution in [0.15, 0.2) is 12.1 Å². The molecule has 0 aliphatic carbocycles. The van der Waals surface area contributed by atoms with E-state index in [-0.39, 0.29) is 0 Å². The van der Waals surface area contributed by atoms with Gasteiger partial charge in [-0.3, -0.25) is 0 Å². The van der Waals surface area contributed by atoms with Gasteiger partial charge in [0.25, 0.3) is 0 Å². The van der Waals surface area contributed by atoms with E-state index in [4.69, 9.17) is 0 Å². The van der Waals surface area contributed by atoms with Gasteiger partial charge in [-0.15, -0.1) is 0 Å². The summed E-state index contributed by atoms with van der Waals surface area (Å²) in [7, 11) is 0. The first-order chi connectivity index (χ1) is 9.65. The number of rotatable bonds is 5. The largest absolute Gasteiger partial charge is 0.478 e. The van der Waals surface area contributed by atoms with E-state index < -0.39 is 5.97 Å². The summed E-state index contributed by atoms with van der Waals surface area (Å²) in [5.41, 5.74) is 1.17. The van der Waals surface area contributed by atoms with Crippen LogP contribution in [0.1, 0.15) is 42.7 Å². The van der Waals surface area contributed by atoms with Crippen molar-refractivity contribution in [3.63, 3.8) is 0 Å². The number of hydrogen-bond donors (Lipinski definition) is 2. The lowest BCUT2D eigenvalue weighted by molar-refractivity contribution is 0.0696. The van der Waals surface area contributed by atoms with Crippen LogP contribution in [0.4, 0.5) is 5.82 Å². The Hall–Kier alpha value is -1.62. The zero-order chi connectivity index (χ0) is 14.5. The SMILES string of the molecule is CCc1cc(C(=O)O)cc(N(CC)C2CCNCC2)n1. The van der Waals surface area contributed by atoms with Crippen molar-refractivity contribution in [2.45, 2.75) is 39.2 Å². The molecule has 1 aliphatic heterocycles. The van der Waals surface area contributed by atoms with Crippen LogP contribution in [0.5, 0.6) is 0 Å². The number of piperidine rings is 1. The van der Waals surface area contributed by atoms with Gasteiger partial charge >= 0.3 is 5.97 Å². The van der Waals surface area contributed by atoms with Gasteiger partial charge in [-0.25, -0.2) is 9.78 Å². The van der Waals surface area contributed by atoms with Gasteiger partial charge in [0.1, 0.15) is 5.82 Å². The first-order valence-corrected chi connectivity index (χ1v) is 7.37. The third kappa shape index (κ3) is 3.28. The topological polar surface area (TPSA) is 65.5 Å². The molecule has 2 heterocycles. The Labute approximate surface area is 120 Å². The van der Waals surface area contributed by atoms with Crippen LogP contribution in [0.3, 0.4) is 0 Å². The van der Waals surface area contributed by atoms with Crippen LogP contribution >= 0.6 is 0 Å². The summed E-state index contributed by atoms with van der Waals surface area (Å²) in [5, 5.41) is 12.6. The van der Waals surface area contributed by atoms with Gasteiger partial charge in [-0.1, -0.05) is 6.92 Å². The van der Waals surface area contributed by atoms with Crippen molar-refractivity contribution in [2.75, 3.05) is 24.5 Å². The smallest absolute Gasteiger partial charge is 0.335 e. The second kappa shape index (κ2) is 6.70. The fourth-order valence-corrected chi connectivity index (χ4v) is 2.75. The van der Waals surface area contributed by atoms with Crippen molar-refractivity contribution in [3.8, 4) is 0 Å². The monoisotopic (exact) mass is 277 g/mol. The molecule has 1 saturated heterocycles. The molecule has 1 aromatic heterocycles. The highest BCUT2D eigenvalue weighted by molar-refractivity contribution is 5.88. The maximum atomic E-state index is 11.3. The van der Waals surface area contributed by atoms with E-state index in [1.807, 2.05) is 6.92 Å².